The van der Waals surface area contributed by atoms with E-state index in [-0.39, 0.29) is 0 Å². The van der Waals surface area contributed by atoms with Crippen molar-refractivity contribution in [3.63, 3.8) is 0 Å². The first kappa shape index (κ1) is 10.5. The van der Waals surface area contributed by atoms with E-state index in [9.17, 15) is 0 Å². The molecule has 0 atom stereocenters. The Balaban J connectivity index is 2.53. The van der Waals surface area contributed by atoms with Gasteiger partial charge < -0.3 is 0 Å². The summed E-state index contributed by atoms with van der Waals surface area (Å²) >= 11 is 11.8. The molecule has 0 aliphatic heterocycles. The predicted molar refractivity (Wildman–Crippen MR) is 62.9 cm³/mol. The van der Waals surface area contributed by atoms with E-state index >= 15 is 0 Å². The molecule has 0 radical (unpaired) electrons. The van der Waals surface area contributed by atoms with Crippen LogP contribution in [0.15, 0.2) is 30.5 Å². The molecule has 2 nitrogen and oxygen atoms in total. The fraction of sp³-hybridized carbons (Fsp3) is 0.182. The SMILES string of the molecule is Cc1nn(-c2ccccc2CCl)cc1Cl. The summed E-state index contributed by atoms with van der Waals surface area (Å²) in [7, 11) is 0. The molecule has 0 saturated heterocycles. The number of aromatic nitrogens is 2. The van der Waals surface area contributed by atoms with Gasteiger partial charge in [0.15, 0.2) is 0 Å². The van der Waals surface area contributed by atoms with Crippen LogP contribution < -0.4 is 0 Å². The third-order valence-electron chi connectivity index (χ3n) is 2.22. The van der Waals surface area contributed by atoms with Crippen molar-refractivity contribution in [2.75, 3.05) is 0 Å². The third-order valence-corrected chi connectivity index (χ3v) is 2.88. The normalized spacial score (nSPS) is 10.6. The number of para-hydroxylation sites is 1. The van der Waals surface area contributed by atoms with Gasteiger partial charge >= 0.3 is 0 Å². The van der Waals surface area contributed by atoms with Gasteiger partial charge in [0.25, 0.3) is 0 Å². The summed E-state index contributed by atoms with van der Waals surface area (Å²) in [4.78, 5) is 0. The first-order valence-electron chi connectivity index (χ1n) is 4.58. The van der Waals surface area contributed by atoms with Crippen LogP contribution in [0.5, 0.6) is 0 Å². The molecule has 15 heavy (non-hydrogen) atoms. The van der Waals surface area contributed by atoms with Crippen molar-refractivity contribution in [1.29, 1.82) is 0 Å². The maximum absolute atomic E-state index is 5.96. The quantitative estimate of drug-likeness (QED) is 0.735. The average Bonchev–Trinajstić information content (AvgIpc) is 2.59. The van der Waals surface area contributed by atoms with Crippen LogP contribution in [0.4, 0.5) is 0 Å². The summed E-state index contributed by atoms with van der Waals surface area (Å²) < 4.78 is 1.76. The second kappa shape index (κ2) is 4.25. The van der Waals surface area contributed by atoms with Gasteiger partial charge in [0.05, 0.1) is 16.4 Å². The van der Waals surface area contributed by atoms with Crippen LogP contribution in [0, 0.1) is 6.92 Å². The Hall–Kier alpha value is -0.990. The van der Waals surface area contributed by atoms with E-state index in [2.05, 4.69) is 5.10 Å². The number of nitrogens with zero attached hydrogens (tertiary/aromatic N) is 2. The van der Waals surface area contributed by atoms with Crippen LogP contribution >= 0.6 is 23.2 Å². The van der Waals surface area contributed by atoms with Crippen LogP contribution in [0.2, 0.25) is 5.02 Å². The Morgan fingerprint density at radius 3 is 2.67 bits per heavy atom. The molecule has 1 heterocycles. The molecule has 0 unspecified atom stereocenters. The minimum Gasteiger partial charge on any atom is -0.239 e. The second-order valence-corrected chi connectivity index (χ2v) is 3.94. The van der Waals surface area contributed by atoms with E-state index in [0.717, 1.165) is 16.9 Å². The van der Waals surface area contributed by atoms with Gasteiger partial charge in [-0.2, -0.15) is 5.10 Å². The molecule has 78 valence electrons. The summed E-state index contributed by atoms with van der Waals surface area (Å²) in [6, 6.07) is 7.86. The molecule has 1 aromatic carbocycles. The predicted octanol–water partition coefficient (Wildman–Crippen LogP) is 3.57. The fourth-order valence-electron chi connectivity index (χ4n) is 1.41. The van der Waals surface area contributed by atoms with Gasteiger partial charge in [0, 0.05) is 12.1 Å². The molecule has 0 aliphatic carbocycles. The van der Waals surface area contributed by atoms with Gasteiger partial charge in [-0.1, -0.05) is 29.8 Å². The molecule has 0 aliphatic rings. The summed E-state index contributed by atoms with van der Waals surface area (Å²) in [5.41, 5.74) is 2.84. The van der Waals surface area contributed by atoms with Gasteiger partial charge in [0.2, 0.25) is 0 Å². The van der Waals surface area contributed by atoms with E-state index in [0.29, 0.717) is 10.9 Å². The Bertz CT molecular complexity index is 458. The van der Waals surface area contributed by atoms with Crippen molar-refractivity contribution in [2.24, 2.45) is 0 Å². The average molecular weight is 241 g/mol. The Morgan fingerprint density at radius 1 is 1.33 bits per heavy atom. The van der Waals surface area contributed by atoms with Gasteiger partial charge in [-0.3, -0.25) is 0 Å². The number of hydrogen-bond donors (Lipinski definition) is 0. The van der Waals surface area contributed by atoms with E-state index in [1.165, 1.54) is 0 Å². The minimum absolute atomic E-state index is 0.465. The zero-order valence-electron chi connectivity index (χ0n) is 8.24. The summed E-state index contributed by atoms with van der Waals surface area (Å²) in [6.45, 7) is 1.88. The number of alkyl halides is 1. The molecule has 1 aromatic heterocycles. The lowest BCUT2D eigenvalue weighted by Crippen LogP contribution is -1.98. The monoisotopic (exact) mass is 240 g/mol. The molecule has 2 rings (SSSR count). The summed E-state index contributed by atoms with van der Waals surface area (Å²) in [6.07, 6.45) is 1.79. The topological polar surface area (TPSA) is 17.8 Å². The van der Waals surface area contributed by atoms with Gasteiger partial charge in [0.1, 0.15) is 0 Å². The number of halogens is 2. The van der Waals surface area contributed by atoms with Crippen LogP contribution in [-0.2, 0) is 5.88 Å². The molecular weight excluding hydrogens is 231 g/mol. The molecule has 4 heteroatoms. The minimum atomic E-state index is 0.465. The first-order chi connectivity index (χ1) is 7.22. The molecule has 0 fully saturated rings. The highest BCUT2D eigenvalue weighted by atomic mass is 35.5. The van der Waals surface area contributed by atoms with E-state index in [1.807, 2.05) is 31.2 Å². The van der Waals surface area contributed by atoms with E-state index in [4.69, 9.17) is 23.2 Å². The van der Waals surface area contributed by atoms with Crippen molar-refractivity contribution in [3.05, 3.63) is 46.7 Å². The van der Waals surface area contributed by atoms with E-state index < -0.39 is 0 Å². The third kappa shape index (κ3) is 2.01. The van der Waals surface area contributed by atoms with Crippen LogP contribution in [-0.4, -0.2) is 9.78 Å². The lowest BCUT2D eigenvalue weighted by atomic mass is 10.2. The van der Waals surface area contributed by atoms with Gasteiger partial charge in [-0.05, 0) is 18.6 Å². The van der Waals surface area contributed by atoms with Crippen molar-refractivity contribution < 1.29 is 0 Å². The highest BCUT2D eigenvalue weighted by molar-refractivity contribution is 6.31. The standard InChI is InChI=1S/C11H10Cl2N2/c1-8-10(13)7-15(14-8)11-5-3-2-4-9(11)6-12/h2-5,7H,6H2,1H3. The zero-order chi connectivity index (χ0) is 10.8. The van der Waals surface area contributed by atoms with Gasteiger partial charge in [-0.15, -0.1) is 11.6 Å². The van der Waals surface area contributed by atoms with Crippen LogP contribution in [0.1, 0.15) is 11.3 Å². The number of benzene rings is 1. The molecule has 0 N–H and O–H groups in total. The summed E-state index contributed by atoms with van der Waals surface area (Å²) in [5.74, 6) is 0.465. The summed E-state index contributed by atoms with van der Waals surface area (Å²) in [5, 5.41) is 4.98. The van der Waals surface area contributed by atoms with Crippen molar-refractivity contribution in [2.45, 2.75) is 12.8 Å². The maximum Gasteiger partial charge on any atom is 0.0819 e. The lowest BCUT2D eigenvalue weighted by Gasteiger charge is -2.05. The second-order valence-electron chi connectivity index (χ2n) is 3.27. The van der Waals surface area contributed by atoms with Crippen molar-refractivity contribution in [1.82, 2.24) is 9.78 Å². The Labute approximate surface area is 98.4 Å². The van der Waals surface area contributed by atoms with E-state index in [1.54, 1.807) is 10.9 Å². The Kier molecular flexibility index (Phi) is 2.98. The van der Waals surface area contributed by atoms with Crippen LogP contribution in [0.3, 0.4) is 0 Å². The molecule has 0 bridgehead atoms. The maximum atomic E-state index is 5.96. The highest BCUT2D eigenvalue weighted by Crippen LogP contribution is 2.20. The molecule has 0 spiro atoms. The molecular formula is C11H10Cl2N2. The first-order valence-corrected chi connectivity index (χ1v) is 5.49. The van der Waals surface area contributed by atoms with Crippen molar-refractivity contribution in [3.8, 4) is 5.69 Å². The van der Waals surface area contributed by atoms with Gasteiger partial charge in [-0.25, -0.2) is 4.68 Å². The fourth-order valence-corrected chi connectivity index (χ4v) is 1.77. The van der Waals surface area contributed by atoms with Crippen molar-refractivity contribution >= 4 is 23.2 Å². The molecule has 0 saturated carbocycles. The Morgan fingerprint density at radius 2 is 2.07 bits per heavy atom. The molecule has 2 aromatic rings. The largest absolute Gasteiger partial charge is 0.239 e. The molecule has 0 amide bonds. The smallest absolute Gasteiger partial charge is 0.0819 e. The zero-order valence-corrected chi connectivity index (χ0v) is 9.76. The highest BCUT2D eigenvalue weighted by Gasteiger charge is 2.06. The van der Waals surface area contributed by atoms with Crippen LogP contribution in [0.25, 0.3) is 5.69 Å². The number of aryl methyl sites for hydroxylation is 1. The number of rotatable bonds is 2. The number of hydrogen-bond acceptors (Lipinski definition) is 1. The lowest BCUT2D eigenvalue weighted by molar-refractivity contribution is 0.854.